The second kappa shape index (κ2) is 6.75. The van der Waals surface area contributed by atoms with Crippen molar-refractivity contribution >= 4 is 10.8 Å². The monoisotopic (exact) mass is 307 g/mol. The number of hydrogen-bond donors (Lipinski definition) is 1. The minimum Gasteiger partial charge on any atom is -0.330 e. The molecule has 118 valence electrons. The van der Waals surface area contributed by atoms with Crippen molar-refractivity contribution in [1.82, 2.24) is 9.78 Å². The number of hydrogen-bond acceptors (Lipinski definition) is 3. The quantitative estimate of drug-likeness (QED) is 0.788. The molecule has 0 saturated heterocycles. The van der Waals surface area contributed by atoms with Gasteiger partial charge >= 0.3 is 0 Å². The molecule has 2 N–H and O–H groups in total. The Balaban J connectivity index is 2.21. The van der Waals surface area contributed by atoms with Crippen molar-refractivity contribution < 1.29 is 0 Å². The van der Waals surface area contributed by atoms with E-state index in [1.54, 1.807) is 0 Å². The minimum absolute atomic E-state index is 0.0528. The molecule has 0 aliphatic heterocycles. The van der Waals surface area contributed by atoms with E-state index in [2.05, 4.69) is 36.3 Å². The average molecular weight is 307 g/mol. The van der Waals surface area contributed by atoms with Gasteiger partial charge in [-0.2, -0.15) is 5.10 Å². The largest absolute Gasteiger partial charge is 0.330 e. The van der Waals surface area contributed by atoms with Gasteiger partial charge < -0.3 is 5.73 Å². The lowest BCUT2D eigenvalue weighted by atomic mass is 10.0. The molecular formula is C19H21N3O. The summed E-state index contributed by atoms with van der Waals surface area (Å²) in [6.07, 6.45) is 1.74. The van der Waals surface area contributed by atoms with E-state index in [0.717, 1.165) is 29.5 Å². The van der Waals surface area contributed by atoms with E-state index in [9.17, 15) is 4.79 Å². The lowest BCUT2D eigenvalue weighted by Gasteiger charge is -2.11. The van der Waals surface area contributed by atoms with Gasteiger partial charge in [-0.3, -0.25) is 4.79 Å². The van der Waals surface area contributed by atoms with Crippen LogP contribution in [0.3, 0.4) is 0 Å². The Morgan fingerprint density at radius 3 is 2.39 bits per heavy atom. The number of fused-ring (bicyclic) bond motifs is 1. The number of aromatic nitrogens is 2. The fraction of sp³-hybridized carbons (Fsp3) is 0.263. The van der Waals surface area contributed by atoms with E-state index in [1.807, 2.05) is 24.3 Å². The number of nitrogens with two attached hydrogens (primary N) is 1. The molecular weight excluding hydrogens is 286 g/mol. The van der Waals surface area contributed by atoms with Crippen molar-refractivity contribution in [3.63, 3.8) is 0 Å². The summed E-state index contributed by atoms with van der Waals surface area (Å²) >= 11 is 0. The fourth-order valence-electron chi connectivity index (χ4n) is 2.74. The van der Waals surface area contributed by atoms with E-state index in [1.165, 1.54) is 10.2 Å². The summed E-state index contributed by atoms with van der Waals surface area (Å²) in [5.41, 5.74) is 8.69. The molecule has 0 amide bonds. The highest BCUT2D eigenvalue weighted by Gasteiger charge is 2.11. The van der Waals surface area contributed by atoms with Crippen LogP contribution in [0.2, 0.25) is 0 Å². The fourth-order valence-corrected chi connectivity index (χ4v) is 2.74. The summed E-state index contributed by atoms with van der Waals surface area (Å²) in [5.74, 6) is 0. The highest BCUT2D eigenvalue weighted by molar-refractivity contribution is 5.93. The maximum Gasteiger partial charge on any atom is 0.274 e. The van der Waals surface area contributed by atoms with E-state index in [4.69, 9.17) is 5.73 Å². The maximum atomic E-state index is 12.6. The summed E-state index contributed by atoms with van der Waals surface area (Å²) < 4.78 is 1.54. The Hall–Kier alpha value is -2.46. The van der Waals surface area contributed by atoms with Gasteiger partial charge in [0.1, 0.15) is 0 Å². The SMILES string of the molecule is CCc1ccc(-c2nn(CCCN)c(=O)c3ccccc23)cc1. The number of benzene rings is 2. The van der Waals surface area contributed by atoms with Gasteiger partial charge in [-0.1, -0.05) is 49.4 Å². The summed E-state index contributed by atoms with van der Waals surface area (Å²) in [7, 11) is 0. The zero-order chi connectivity index (χ0) is 16.2. The summed E-state index contributed by atoms with van der Waals surface area (Å²) in [6, 6.07) is 16.0. The van der Waals surface area contributed by atoms with Crippen molar-refractivity contribution in [1.29, 1.82) is 0 Å². The molecule has 3 rings (SSSR count). The first-order valence-corrected chi connectivity index (χ1v) is 8.04. The van der Waals surface area contributed by atoms with Gasteiger partial charge in [0.05, 0.1) is 11.1 Å². The third-order valence-electron chi connectivity index (χ3n) is 4.08. The molecule has 4 nitrogen and oxygen atoms in total. The first-order chi connectivity index (χ1) is 11.2. The molecule has 4 heteroatoms. The smallest absolute Gasteiger partial charge is 0.274 e. The van der Waals surface area contributed by atoms with E-state index >= 15 is 0 Å². The second-order valence-corrected chi connectivity index (χ2v) is 5.62. The van der Waals surface area contributed by atoms with Gasteiger partial charge in [-0.15, -0.1) is 0 Å². The number of aryl methyl sites for hydroxylation is 2. The average Bonchev–Trinajstić information content (AvgIpc) is 2.61. The van der Waals surface area contributed by atoms with Crippen LogP contribution in [0.5, 0.6) is 0 Å². The van der Waals surface area contributed by atoms with Gasteiger partial charge in [0.2, 0.25) is 0 Å². The molecule has 0 atom stereocenters. The summed E-state index contributed by atoms with van der Waals surface area (Å²) in [5, 5.41) is 6.21. The van der Waals surface area contributed by atoms with Gasteiger partial charge in [0, 0.05) is 17.5 Å². The van der Waals surface area contributed by atoms with Crippen molar-refractivity contribution in [2.45, 2.75) is 26.3 Å². The standard InChI is InChI=1S/C19H21N3O/c1-2-14-8-10-15(11-9-14)18-16-6-3-4-7-17(16)19(23)22(21-18)13-5-12-20/h3-4,6-11H,2,5,12-13,20H2,1H3. The molecule has 0 aliphatic carbocycles. The molecule has 0 bridgehead atoms. The summed E-state index contributed by atoms with van der Waals surface area (Å²) in [6.45, 7) is 3.22. The molecule has 1 aromatic heterocycles. The van der Waals surface area contributed by atoms with Crippen LogP contribution in [0.1, 0.15) is 18.9 Å². The van der Waals surface area contributed by atoms with Crippen molar-refractivity contribution in [2.75, 3.05) is 6.54 Å². The Kier molecular flexibility index (Phi) is 4.53. The zero-order valence-electron chi connectivity index (χ0n) is 13.3. The zero-order valence-corrected chi connectivity index (χ0v) is 13.3. The van der Waals surface area contributed by atoms with Gasteiger partial charge in [-0.25, -0.2) is 4.68 Å². The molecule has 0 aliphatic rings. The molecule has 0 spiro atoms. The van der Waals surface area contributed by atoms with Crippen molar-refractivity contribution in [3.8, 4) is 11.3 Å². The Morgan fingerprint density at radius 2 is 1.74 bits per heavy atom. The highest BCUT2D eigenvalue weighted by atomic mass is 16.1. The van der Waals surface area contributed by atoms with Crippen LogP contribution in [0.25, 0.3) is 22.0 Å². The first kappa shape index (κ1) is 15.4. The van der Waals surface area contributed by atoms with Crippen LogP contribution in [-0.4, -0.2) is 16.3 Å². The van der Waals surface area contributed by atoms with Crippen LogP contribution >= 0.6 is 0 Å². The predicted octanol–water partition coefficient (Wildman–Crippen LogP) is 2.97. The topological polar surface area (TPSA) is 60.9 Å². The van der Waals surface area contributed by atoms with Crippen LogP contribution in [-0.2, 0) is 13.0 Å². The van der Waals surface area contributed by atoms with Crippen LogP contribution in [0, 0.1) is 0 Å². The van der Waals surface area contributed by atoms with Crippen LogP contribution in [0.15, 0.2) is 53.3 Å². The van der Waals surface area contributed by atoms with Gasteiger partial charge in [-0.05, 0) is 31.0 Å². The minimum atomic E-state index is -0.0528. The van der Waals surface area contributed by atoms with E-state index in [-0.39, 0.29) is 5.56 Å². The molecule has 2 aromatic carbocycles. The third-order valence-corrected chi connectivity index (χ3v) is 4.08. The van der Waals surface area contributed by atoms with Crippen molar-refractivity contribution in [2.24, 2.45) is 5.73 Å². The van der Waals surface area contributed by atoms with Crippen LogP contribution < -0.4 is 11.3 Å². The maximum absolute atomic E-state index is 12.6. The van der Waals surface area contributed by atoms with Gasteiger partial charge in [0.25, 0.3) is 5.56 Å². The number of nitrogens with zero attached hydrogens (tertiary/aromatic N) is 2. The van der Waals surface area contributed by atoms with Crippen LogP contribution in [0.4, 0.5) is 0 Å². The molecule has 3 aromatic rings. The third kappa shape index (κ3) is 3.03. The molecule has 23 heavy (non-hydrogen) atoms. The Morgan fingerprint density at radius 1 is 1.04 bits per heavy atom. The van der Waals surface area contributed by atoms with Gasteiger partial charge in [0.15, 0.2) is 0 Å². The van der Waals surface area contributed by atoms with E-state index < -0.39 is 0 Å². The highest BCUT2D eigenvalue weighted by Crippen LogP contribution is 2.25. The summed E-state index contributed by atoms with van der Waals surface area (Å²) in [4.78, 5) is 12.6. The predicted molar refractivity (Wildman–Crippen MR) is 94.5 cm³/mol. The Labute approximate surface area is 135 Å². The molecule has 0 unspecified atom stereocenters. The number of rotatable bonds is 5. The molecule has 0 fully saturated rings. The first-order valence-electron chi connectivity index (χ1n) is 8.04. The lowest BCUT2D eigenvalue weighted by molar-refractivity contribution is 0.561. The molecule has 0 saturated carbocycles. The molecule has 1 heterocycles. The second-order valence-electron chi connectivity index (χ2n) is 5.62. The normalized spacial score (nSPS) is 11.0. The molecule has 0 radical (unpaired) electrons. The lowest BCUT2D eigenvalue weighted by Crippen LogP contribution is -2.25. The Bertz CT molecular complexity index is 866. The van der Waals surface area contributed by atoms with E-state index in [0.29, 0.717) is 18.5 Å². The van der Waals surface area contributed by atoms with Crippen molar-refractivity contribution in [3.05, 3.63) is 64.4 Å².